The molecule has 0 aliphatic carbocycles. The fourth-order valence-corrected chi connectivity index (χ4v) is 1.04. The van der Waals surface area contributed by atoms with Gasteiger partial charge in [-0.05, 0) is 0 Å². The Bertz CT molecular complexity index is 332. The van der Waals surface area contributed by atoms with Crippen LogP contribution in [0, 0.1) is 0 Å². The van der Waals surface area contributed by atoms with Crippen molar-refractivity contribution in [3.05, 3.63) is 49.1 Å². The maximum absolute atomic E-state index is 9.25. The van der Waals surface area contributed by atoms with E-state index in [9.17, 15) is 4.79 Å². The molecule has 2 unspecified atom stereocenters. The quantitative estimate of drug-likeness (QED) is 0.657. The van der Waals surface area contributed by atoms with Crippen LogP contribution in [0.2, 0.25) is 0 Å². The van der Waals surface area contributed by atoms with Gasteiger partial charge in [0.1, 0.15) is 12.2 Å². The average molecular weight is 280 g/mol. The number of aliphatic carboxylic acids is 1. The van der Waals surface area contributed by atoms with Crippen molar-refractivity contribution in [3.63, 3.8) is 0 Å². The molecule has 0 bridgehead atoms. The largest absolute Gasteiger partial charge is 0.478 e. The summed E-state index contributed by atoms with van der Waals surface area (Å²) in [4.78, 5) is 9.25. The molecule has 0 amide bonds. The van der Waals surface area contributed by atoms with Gasteiger partial charge in [-0.2, -0.15) is 0 Å². The summed E-state index contributed by atoms with van der Waals surface area (Å²) < 4.78 is 15.1. The second-order valence-electron chi connectivity index (χ2n) is 4.15. The highest BCUT2D eigenvalue weighted by molar-refractivity contribution is 5.78. The van der Waals surface area contributed by atoms with Crippen LogP contribution < -0.4 is 0 Å². The Morgan fingerprint density at radius 2 is 1.40 bits per heavy atom. The first-order valence-corrected chi connectivity index (χ1v) is 6.38. The van der Waals surface area contributed by atoms with E-state index < -0.39 is 5.97 Å². The van der Waals surface area contributed by atoms with E-state index in [1.807, 2.05) is 36.4 Å². The highest BCUT2D eigenvalue weighted by atomic mass is 16.6. The number of epoxide rings is 2. The molecule has 20 heavy (non-hydrogen) atoms. The second kappa shape index (κ2) is 10.1. The summed E-state index contributed by atoms with van der Waals surface area (Å²) in [5.74, 6) is -0.981. The van der Waals surface area contributed by atoms with Gasteiger partial charge in [0, 0.05) is 6.08 Å². The fraction of sp³-hybridized carbons (Fsp3) is 0.400. The highest BCUT2D eigenvalue weighted by Gasteiger charge is 2.26. The lowest BCUT2D eigenvalue weighted by molar-refractivity contribution is -0.131. The number of rotatable bonds is 5. The molecule has 2 aliphatic heterocycles. The van der Waals surface area contributed by atoms with Gasteiger partial charge in [0.25, 0.3) is 0 Å². The Morgan fingerprint density at radius 1 is 1.10 bits per heavy atom. The first-order valence-electron chi connectivity index (χ1n) is 6.38. The van der Waals surface area contributed by atoms with Crippen LogP contribution in [0.1, 0.15) is 0 Å². The number of benzene rings is 1. The summed E-state index contributed by atoms with van der Waals surface area (Å²) in [5, 5.41) is 7.60. The fourth-order valence-electron chi connectivity index (χ4n) is 1.04. The summed E-state index contributed by atoms with van der Waals surface area (Å²) in [6.45, 7) is 6.22. The van der Waals surface area contributed by atoms with Crippen molar-refractivity contribution in [2.24, 2.45) is 0 Å². The minimum absolute atomic E-state index is 0.392. The number of hydrogen-bond acceptors (Lipinski definition) is 4. The second-order valence-corrected chi connectivity index (χ2v) is 4.15. The van der Waals surface area contributed by atoms with Crippen molar-refractivity contribution >= 4 is 5.97 Å². The van der Waals surface area contributed by atoms with Crippen LogP contribution in [0.5, 0.6) is 0 Å². The lowest BCUT2D eigenvalue weighted by atomic mass is 10.4. The van der Waals surface area contributed by atoms with Gasteiger partial charge in [-0.25, -0.2) is 4.79 Å². The Labute approximate surface area is 118 Å². The molecule has 2 fully saturated rings. The normalized spacial score (nSPS) is 21.4. The molecule has 2 saturated heterocycles. The monoisotopic (exact) mass is 280 g/mol. The van der Waals surface area contributed by atoms with Gasteiger partial charge in [0.2, 0.25) is 0 Å². The maximum Gasteiger partial charge on any atom is 0.327 e. The van der Waals surface area contributed by atoms with E-state index in [0.717, 1.165) is 32.5 Å². The third-order valence-electron chi connectivity index (χ3n) is 2.25. The van der Waals surface area contributed by atoms with Gasteiger partial charge in [-0.1, -0.05) is 43.0 Å². The van der Waals surface area contributed by atoms with Gasteiger partial charge in [-0.15, -0.1) is 0 Å². The van der Waals surface area contributed by atoms with Crippen molar-refractivity contribution in [2.45, 2.75) is 12.2 Å². The van der Waals surface area contributed by atoms with Crippen LogP contribution in [-0.2, 0) is 19.0 Å². The minimum Gasteiger partial charge on any atom is -0.478 e. The van der Waals surface area contributed by atoms with E-state index in [2.05, 4.69) is 6.58 Å². The van der Waals surface area contributed by atoms with Gasteiger partial charge >= 0.3 is 5.97 Å². The lowest BCUT2D eigenvalue weighted by Crippen LogP contribution is -2.06. The molecule has 1 aromatic carbocycles. The van der Waals surface area contributed by atoms with Gasteiger partial charge < -0.3 is 19.3 Å². The summed E-state index contributed by atoms with van der Waals surface area (Å²) in [7, 11) is 0. The smallest absolute Gasteiger partial charge is 0.327 e. The molecule has 1 N–H and O–H groups in total. The number of carboxylic acid groups (broad SMARTS) is 1. The van der Waals surface area contributed by atoms with Gasteiger partial charge in [0.15, 0.2) is 0 Å². The van der Waals surface area contributed by atoms with Crippen LogP contribution in [0.25, 0.3) is 0 Å². The summed E-state index contributed by atoms with van der Waals surface area (Å²) >= 11 is 0. The SMILES string of the molecule is C(OCC1CO1)C1CO1.C=CC(=O)O.c1ccccc1. The van der Waals surface area contributed by atoms with Crippen molar-refractivity contribution in [2.75, 3.05) is 26.4 Å². The van der Waals surface area contributed by atoms with Crippen molar-refractivity contribution in [3.8, 4) is 0 Å². The maximum atomic E-state index is 9.25. The molecule has 2 atom stereocenters. The van der Waals surface area contributed by atoms with E-state index in [1.165, 1.54) is 0 Å². The Morgan fingerprint density at radius 3 is 1.60 bits per heavy atom. The molecule has 110 valence electrons. The van der Waals surface area contributed by atoms with E-state index >= 15 is 0 Å². The zero-order valence-corrected chi connectivity index (χ0v) is 11.3. The molecule has 0 aromatic heterocycles. The molecule has 2 aliphatic rings. The zero-order chi connectivity index (χ0) is 14.6. The van der Waals surface area contributed by atoms with Crippen LogP contribution in [-0.4, -0.2) is 49.7 Å². The minimum atomic E-state index is -0.981. The molecule has 0 spiro atoms. The molecule has 5 nitrogen and oxygen atoms in total. The first kappa shape index (κ1) is 16.4. The van der Waals surface area contributed by atoms with E-state index in [0.29, 0.717) is 12.2 Å². The van der Waals surface area contributed by atoms with Crippen molar-refractivity contribution in [1.82, 2.24) is 0 Å². The Hall–Kier alpha value is -1.69. The standard InChI is InChI=1S/C6H10O3.C6H6.C3H4O2/c1(5-3-8-5)7-2-6-4-9-6;1-2-4-6-5-3-1;1-2-3(4)5/h5-6H,1-4H2;1-6H;2H,1H2,(H,4,5). The van der Waals surface area contributed by atoms with E-state index in [4.69, 9.17) is 19.3 Å². The molecular formula is C15H20O5. The summed E-state index contributed by atoms with van der Waals surface area (Å²) in [6, 6.07) is 12.0. The topological polar surface area (TPSA) is 71.6 Å². The van der Waals surface area contributed by atoms with Gasteiger partial charge in [-0.3, -0.25) is 0 Å². The Kier molecular flexibility index (Phi) is 8.30. The predicted octanol–water partition coefficient (Wildman–Crippen LogP) is 1.74. The molecule has 0 saturated carbocycles. The molecule has 5 heteroatoms. The third-order valence-corrected chi connectivity index (χ3v) is 2.25. The van der Waals surface area contributed by atoms with E-state index in [1.54, 1.807) is 0 Å². The molecule has 0 radical (unpaired) electrons. The highest BCUT2D eigenvalue weighted by Crippen LogP contribution is 2.12. The van der Waals surface area contributed by atoms with Crippen molar-refractivity contribution in [1.29, 1.82) is 0 Å². The van der Waals surface area contributed by atoms with E-state index in [-0.39, 0.29) is 0 Å². The average Bonchev–Trinajstić information content (AvgIpc) is 3.37. The number of ether oxygens (including phenoxy) is 3. The predicted molar refractivity (Wildman–Crippen MR) is 74.6 cm³/mol. The molecule has 1 aromatic rings. The Balaban J connectivity index is 0.000000160. The number of hydrogen-bond donors (Lipinski definition) is 1. The van der Waals surface area contributed by atoms with Gasteiger partial charge in [0.05, 0.1) is 26.4 Å². The van der Waals surface area contributed by atoms with Crippen molar-refractivity contribution < 1.29 is 24.1 Å². The summed E-state index contributed by atoms with van der Waals surface area (Å²) in [5.41, 5.74) is 0. The number of carbonyl (C=O) groups is 1. The zero-order valence-electron chi connectivity index (χ0n) is 11.3. The molecule has 3 rings (SSSR count). The van der Waals surface area contributed by atoms with Crippen LogP contribution in [0.4, 0.5) is 0 Å². The molecular weight excluding hydrogens is 260 g/mol. The lowest BCUT2D eigenvalue weighted by Gasteiger charge is -1.95. The van der Waals surface area contributed by atoms with Crippen LogP contribution in [0.15, 0.2) is 49.1 Å². The third kappa shape index (κ3) is 11.4. The number of carboxylic acids is 1. The first-order chi connectivity index (χ1) is 9.72. The molecule has 2 heterocycles. The summed E-state index contributed by atoms with van der Waals surface area (Å²) in [6.07, 6.45) is 1.62. The van der Waals surface area contributed by atoms with Crippen LogP contribution >= 0.6 is 0 Å². The van der Waals surface area contributed by atoms with Crippen LogP contribution in [0.3, 0.4) is 0 Å².